The highest BCUT2D eigenvalue weighted by atomic mass is 19.4. The van der Waals surface area contributed by atoms with Gasteiger partial charge in [-0.15, -0.1) is 0 Å². The molecule has 0 aromatic carbocycles. The van der Waals surface area contributed by atoms with Crippen LogP contribution in [0.2, 0.25) is 0 Å². The van der Waals surface area contributed by atoms with Gasteiger partial charge in [-0.25, -0.2) is 0 Å². The molecule has 0 atom stereocenters. The van der Waals surface area contributed by atoms with Crippen LogP contribution >= 0.6 is 0 Å². The molecule has 0 aliphatic carbocycles. The second kappa shape index (κ2) is 1.89. The number of hydrogen-bond donors (Lipinski definition) is 1. The Bertz CT molecular complexity index is 137. The van der Waals surface area contributed by atoms with Gasteiger partial charge in [0.25, 0.3) is 0 Å². The number of nitrogens with one attached hydrogen (secondary N) is 1. The lowest BCUT2D eigenvalue weighted by atomic mass is 10.6. The third-order valence-corrected chi connectivity index (χ3v) is 0.794. The maximum absolute atomic E-state index is 11.5. The molecule has 0 saturated carbocycles. The van der Waals surface area contributed by atoms with Crippen LogP contribution in [-0.2, 0) is 0 Å². The molecule has 0 fully saturated rings. The lowest BCUT2D eigenvalue weighted by Gasteiger charge is -2.04. The molecule has 50 valence electrons. The van der Waals surface area contributed by atoms with E-state index >= 15 is 0 Å². The molecule has 0 amide bonds. The molecule has 0 spiro atoms. The second-order valence-electron chi connectivity index (χ2n) is 1.47. The fraction of sp³-hybridized carbons (Fsp3) is 0.500. The van der Waals surface area contributed by atoms with Crippen LogP contribution in [0.3, 0.4) is 0 Å². The van der Waals surface area contributed by atoms with Crippen molar-refractivity contribution in [2.24, 2.45) is 4.99 Å². The zero-order valence-electron chi connectivity index (χ0n) is 4.29. The van der Waals surface area contributed by atoms with E-state index < -0.39 is 12.0 Å². The van der Waals surface area contributed by atoms with Crippen LogP contribution in [0, 0.1) is 6.54 Å². The lowest BCUT2D eigenvalue weighted by Crippen LogP contribution is -2.33. The van der Waals surface area contributed by atoms with Crippen LogP contribution in [0.15, 0.2) is 4.99 Å². The molecule has 0 saturated heterocycles. The summed E-state index contributed by atoms with van der Waals surface area (Å²) in [5, 5.41) is 2.01. The molecule has 1 N–H and O–H groups in total. The van der Waals surface area contributed by atoms with Crippen molar-refractivity contribution >= 4 is 5.84 Å². The zero-order valence-corrected chi connectivity index (χ0v) is 4.29. The van der Waals surface area contributed by atoms with Gasteiger partial charge in [0.15, 0.2) is 0 Å². The first kappa shape index (κ1) is 6.38. The van der Waals surface area contributed by atoms with Crippen molar-refractivity contribution in [1.82, 2.24) is 5.32 Å². The third kappa shape index (κ3) is 1.34. The van der Waals surface area contributed by atoms with E-state index in [4.69, 9.17) is 0 Å². The third-order valence-electron chi connectivity index (χ3n) is 0.794. The van der Waals surface area contributed by atoms with E-state index in [1.165, 1.54) is 0 Å². The quantitative estimate of drug-likeness (QED) is 0.517. The summed E-state index contributed by atoms with van der Waals surface area (Å²) in [7, 11) is 0. The first-order chi connectivity index (χ1) is 4.11. The summed E-state index contributed by atoms with van der Waals surface area (Å²) in [5.74, 6) is -0.956. The molecule has 0 aromatic heterocycles. The number of halogens is 3. The summed E-state index contributed by atoms with van der Waals surface area (Å²) in [5.41, 5.74) is 0. The Balaban J connectivity index is 2.61. The summed E-state index contributed by atoms with van der Waals surface area (Å²) in [4.78, 5) is 2.94. The number of hydrogen-bond acceptors (Lipinski definition) is 2. The monoisotopic (exact) mass is 136 g/mol. The molecule has 0 bridgehead atoms. The van der Waals surface area contributed by atoms with Crippen molar-refractivity contribution in [1.29, 1.82) is 0 Å². The molecule has 0 aromatic rings. The summed E-state index contributed by atoms with van der Waals surface area (Å²) >= 11 is 0. The first-order valence-electron chi connectivity index (χ1n) is 2.22. The van der Waals surface area contributed by atoms with Crippen molar-refractivity contribution in [2.45, 2.75) is 6.18 Å². The summed E-state index contributed by atoms with van der Waals surface area (Å²) in [6.07, 6.45) is -4.34. The standard InChI is InChI=1S/C4H3F3N2/c5-4(6,7)3-8-1-2-9-3/h8H,1H2. The van der Waals surface area contributed by atoms with Crippen LogP contribution in [-0.4, -0.2) is 18.6 Å². The van der Waals surface area contributed by atoms with E-state index in [0.29, 0.717) is 0 Å². The Morgan fingerprint density at radius 1 is 1.56 bits per heavy atom. The number of alkyl halides is 3. The predicted octanol–water partition coefficient (Wildman–Crippen LogP) is 0.589. The van der Waals surface area contributed by atoms with Gasteiger partial charge in [0.2, 0.25) is 5.84 Å². The molecule has 5 heteroatoms. The minimum absolute atomic E-state index is 0.0504. The Morgan fingerprint density at radius 2 is 2.22 bits per heavy atom. The topological polar surface area (TPSA) is 24.4 Å². The van der Waals surface area contributed by atoms with Crippen molar-refractivity contribution in [2.75, 3.05) is 6.54 Å². The van der Waals surface area contributed by atoms with Gasteiger partial charge in [-0.2, -0.15) is 13.2 Å². The van der Waals surface area contributed by atoms with Gasteiger partial charge in [-0.3, -0.25) is 4.99 Å². The molecular weight excluding hydrogens is 133 g/mol. The maximum atomic E-state index is 11.5. The summed E-state index contributed by atoms with van der Waals surface area (Å²) in [6.45, 7) is 2.19. The van der Waals surface area contributed by atoms with E-state index in [1.54, 1.807) is 0 Å². The molecule has 2 nitrogen and oxygen atoms in total. The van der Waals surface area contributed by atoms with E-state index in [2.05, 4.69) is 11.5 Å². The minimum Gasteiger partial charge on any atom is -0.364 e. The summed E-state index contributed by atoms with van der Waals surface area (Å²) < 4.78 is 34.6. The number of amidine groups is 1. The highest BCUT2D eigenvalue weighted by Crippen LogP contribution is 2.17. The number of rotatable bonds is 0. The van der Waals surface area contributed by atoms with Gasteiger partial charge in [0, 0.05) is 6.54 Å². The molecule has 2 radical (unpaired) electrons. The number of aliphatic imine (C=N–C) groups is 1. The van der Waals surface area contributed by atoms with E-state index in [0.717, 1.165) is 0 Å². The van der Waals surface area contributed by atoms with Crippen molar-refractivity contribution in [3.05, 3.63) is 6.54 Å². The molecular formula is C4H3F3N2. The molecule has 1 heterocycles. The van der Waals surface area contributed by atoms with Crippen LogP contribution in [0.5, 0.6) is 0 Å². The zero-order chi connectivity index (χ0) is 6.91. The molecule has 9 heavy (non-hydrogen) atoms. The smallest absolute Gasteiger partial charge is 0.364 e. The first-order valence-corrected chi connectivity index (χ1v) is 2.22. The second-order valence-corrected chi connectivity index (χ2v) is 1.47. The Labute approximate surface area is 49.8 Å². The fourth-order valence-electron chi connectivity index (χ4n) is 0.445. The Morgan fingerprint density at radius 3 is 2.44 bits per heavy atom. The molecule has 1 rings (SSSR count). The summed E-state index contributed by atoms with van der Waals surface area (Å²) in [6, 6.07) is 0. The predicted molar refractivity (Wildman–Crippen MR) is 24.7 cm³/mol. The van der Waals surface area contributed by atoms with Crippen LogP contribution < -0.4 is 5.32 Å². The SMILES string of the molecule is FC(F)(F)C1=N[C]CN1. The van der Waals surface area contributed by atoms with Gasteiger partial charge in [0.1, 0.15) is 6.54 Å². The molecule has 1 aliphatic heterocycles. The highest BCUT2D eigenvalue weighted by molar-refractivity contribution is 5.89. The van der Waals surface area contributed by atoms with Gasteiger partial charge >= 0.3 is 6.18 Å². The highest BCUT2D eigenvalue weighted by Gasteiger charge is 2.37. The average Bonchev–Trinajstić information content (AvgIpc) is 2.08. The largest absolute Gasteiger partial charge is 0.448 e. The number of nitrogens with zero attached hydrogens (tertiary/aromatic N) is 1. The van der Waals surface area contributed by atoms with Gasteiger partial charge in [-0.1, -0.05) is 0 Å². The van der Waals surface area contributed by atoms with E-state index in [9.17, 15) is 13.2 Å². The van der Waals surface area contributed by atoms with Crippen molar-refractivity contribution in [3.8, 4) is 0 Å². The van der Waals surface area contributed by atoms with Gasteiger partial charge < -0.3 is 5.32 Å². The Hall–Kier alpha value is -0.740. The van der Waals surface area contributed by atoms with Gasteiger partial charge in [-0.05, 0) is 0 Å². The van der Waals surface area contributed by atoms with E-state index in [1.807, 2.05) is 5.32 Å². The fourth-order valence-corrected chi connectivity index (χ4v) is 0.445. The van der Waals surface area contributed by atoms with Gasteiger partial charge in [0.05, 0.1) is 0 Å². The van der Waals surface area contributed by atoms with Crippen molar-refractivity contribution in [3.63, 3.8) is 0 Å². The molecule has 1 aliphatic rings. The van der Waals surface area contributed by atoms with Crippen LogP contribution in [0.25, 0.3) is 0 Å². The van der Waals surface area contributed by atoms with Crippen LogP contribution in [0.1, 0.15) is 0 Å². The van der Waals surface area contributed by atoms with Crippen LogP contribution in [0.4, 0.5) is 13.2 Å². The normalized spacial score (nSPS) is 19.2. The van der Waals surface area contributed by atoms with Crippen molar-refractivity contribution < 1.29 is 13.2 Å². The Kier molecular flexibility index (Phi) is 1.34. The van der Waals surface area contributed by atoms with E-state index in [-0.39, 0.29) is 6.54 Å². The maximum Gasteiger partial charge on any atom is 0.448 e. The minimum atomic E-state index is -4.34. The lowest BCUT2D eigenvalue weighted by molar-refractivity contribution is -0.0610. The molecule has 0 unspecified atom stereocenters. The average molecular weight is 136 g/mol.